The van der Waals surface area contributed by atoms with Gasteiger partial charge < -0.3 is 15.4 Å². The second kappa shape index (κ2) is 5.68. The van der Waals surface area contributed by atoms with Gasteiger partial charge in [0.05, 0.1) is 6.10 Å². The summed E-state index contributed by atoms with van der Waals surface area (Å²) in [5, 5.41) is 6.09. The van der Waals surface area contributed by atoms with E-state index in [1.165, 1.54) is 6.92 Å². The fourth-order valence-electron chi connectivity index (χ4n) is 1.95. The molecule has 1 fully saturated rings. The lowest BCUT2D eigenvalue weighted by Gasteiger charge is -2.12. The number of anilines is 2. The van der Waals surface area contributed by atoms with Gasteiger partial charge in [0.2, 0.25) is 5.91 Å². The molecule has 0 aliphatic carbocycles. The van der Waals surface area contributed by atoms with E-state index < -0.39 is 0 Å². The van der Waals surface area contributed by atoms with Crippen molar-refractivity contribution in [3.05, 3.63) is 24.3 Å². The highest BCUT2D eigenvalue weighted by Gasteiger charge is 2.14. The van der Waals surface area contributed by atoms with Crippen LogP contribution in [0.25, 0.3) is 0 Å². The lowest BCUT2D eigenvalue weighted by Crippen LogP contribution is -2.18. The molecular weight excluding hydrogens is 216 g/mol. The minimum Gasteiger partial charge on any atom is -0.382 e. The van der Waals surface area contributed by atoms with Gasteiger partial charge in [-0.1, -0.05) is 6.07 Å². The second-order valence-corrected chi connectivity index (χ2v) is 4.28. The summed E-state index contributed by atoms with van der Waals surface area (Å²) in [5.41, 5.74) is 1.82. The zero-order valence-corrected chi connectivity index (χ0v) is 10.0. The number of carbonyl (C=O) groups excluding carboxylic acids is 1. The molecule has 17 heavy (non-hydrogen) atoms. The van der Waals surface area contributed by atoms with Crippen LogP contribution in [-0.4, -0.2) is 25.2 Å². The van der Waals surface area contributed by atoms with Crippen molar-refractivity contribution in [2.45, 2.75) is 25.9 Å². The van der Waals surface area contributed by atoms with Gasteiger partial charge in [-0.15, -0.1) is 0 Å². The minimum atomic E-state index is -0.0544. The maximum Gasteiger partial charge on any atom is 0.221 e. The largest absolute Gasteiger partial charge is 0.382 e. The summed E-state index contributed by atoms with van der Waals surface area (Å²) in [5.74, 6) is -0.0544. The van der Waals surface area contributed by atoms with Crippen LogP contribution >= 0.6 is 0 Å². The summed E-state index contributed by atoms with van der Waals surface area (Å²) in [6.07, 6.45) is 2.59. The lowest BCUT2D eigenvalue weighted by atomic mass is 10.2. The van der Waals surface area contributed by atoms with Crippen LogP contribution in [0.15, 0.2) is 24.3 Å². The molecule has 1 unspecified atom stereocenters. The van der Waals surface area contributed by atoms with E-state index >= 15 is 0 Å². The van der Waals surface area contributed by atoms with Crippen LogP contribution < -0.4 is 10.6 Å². The number of amides is 1. The van der Waals surface area contributed by atoms with Crippen molar-refractivity contribution in [1.29, 1.82) is 0 Å². The van der Waals surface area contributed by atoms with E-state index in [2.05, 4.69) is 10.6 Å². The van der Waals surface area contributed by atoms with Crippen LogP contribution in [0.1, 0.15) is 19.8 Å². The Morgan fingerprint density at radius 1 is 1.47 bits per heavy atom. The Morgan fingerprint density at radius 2 is 2.29 bits per heavy atom. The maximum absolute atomic E-state index is 10.9. The van der Waals surface area contributed by atoms with Crippen molar-refractivity contribution in [3.8, 4) is 0 Å². The van der Waals surface area contributed by atoms with Crippen molar-refractivity contribution < 1.29 is 9.53 Å². The molecule has 0 aromatic heterocycles. The Balaban J connectivity index is 1.88. The van der Waals surface area contributed by atoms with E-state index in [0.29, 0.717) is 6.10 Å². The first kappa shape index (κ1) is 11.9. The summed E-state index contributed by atoms with van der Waals surface area (Å²) in [6, 6.07) is 7.71. The molecule has 0 saturated carbocycles. The van der Waals surface area contributed by atoms with Crippen molar-refractivity contribution in [2.75, 3.05) is 23.8 Å². The molecule has 1 aromatic carbocycles. The van der Waals surface area contributed by atoms with Gasteiger partial charge in [0, 0.05) is 31.5 Å². The molecule has 1 saturated heterocycles. The minimum absolute atomic E-state index is 0.0544. The Morgan fingerprint density at radius 3 is 3.00 bits per heavy atom. The predicted octanol–water partition coefficient (Wildman–Crippen LogP) is 2.24. The van der Waals surface area contributed by atoms with Crippen LogP contribution in [0.2, 0.25) is 0 Å². The smallest absolute Gasteiger partial charge is 0.221 e. The molecule has 2 rings (SSSR count). The van der Waals surface area contributed by atoms with Gasteiger partial charge >= 0.3 is 0 Å². The molecule has 1 amide bonds. The zero-order valence-electron chi connectivity index (χ0n) is 10.0. The number of ether oxygens (including phenoxy) is 1. The Labute approximate surface area is 101 Å². The molecule has 4 heteroatoms. The summed E-state index contributed by atoms with van der Waals surface area (Å²) in [7, 11) is 0. The molecular formula is C13H18N2O2. The van der Waals surface area contributed by atoms with Crippen LogP contribution in [-0.2, 0) is 9.53 Å². The second-order valence-electron chi connectivity index (χ2n) is 4.28. The zero-order chi connectivity index (χ0) is 12.1. The van der Waals surface area contributed by atoms with Crippen molar-refractivity contribution in [1.82, 2.24) is 0 Å². The number of benzene rings is 1. The normalized spacial score (nSPS) is 19.0. The molecule has 1 atom stereocenters. The van der Waals surface area contributed by atoms with Crippen LogP contribution in [0, 0.1) is 0 Å². The quantitative estimate of drug-likeness (QED) is 0.840. The monoisotopic (exact) mass is 234 g/mol. The predicted molar refractivity (Wildman–Crippen MR) is 68.2 cm³/mol. The van der Waals surface area contributed by atoms with Crippen LogP contribution in [0.3, 0.4) is 0 Å². The molecule has 4 nitrogen and oxygen atoms in total. The van der Waals surface area contributed by atoms with Crippen LogP contribution in [0.4, 0.5) is 11.4 Å². The number of hydrogen-bond acceptors (Lipinski definition) is 3. The van der Waals surface area contributed by atoms with Crippen LogP contribution in [0.5, 0.6) is 0 Å². The van der Waals surface area contributed by atoms with E-state index in [0.717, 1.165) is 37.4 Å². The number of carbonyl (C=O) groups is 1. The molecule has 1 aliphatic rings. The third kappa shape index (κ3) is 3.75. The van der Waals surface area contributed by atoms with Crippen molar-refractivity contribution >= 4 is 17.3 Å². The third-order valence-corrected chi connectivity index (χ3v) is 2.74. The lowest BCUT2D eigenvalue weighted by molar-refractivity contribution is -0.114. The van der Waals surface area contributed by atoms with E-state index in [1.54, 1.807) is 0 Å². The Hall–Kier alpha value is -1.55. The molecule has 1 heterocycles. The number of hydrogen-bond donors (Lipinski definition) is 2. The molecule has 0 spiro atoms. The summed E-state index contributed by atoms with van der Waals surface area (Å²) >= 11 is 0. The first-order chi connectivity index (χ1) is 8.24. The van der Waals surface area contributed by atoms with E-state index in [9.17, 15) is 4.79 Å². The van der Waals surface area contributed by atoms with Gasteiger partial charge in [-0.3, -0.25) is 4.79 Å². The Kier molecular flexibility index (Phi) is 3.98. The molecule has 1 aromatic rings. The van der Waals surface area contributed by atoms with Gasteiger partial charge in [0.15, 0.2) is 0 Å². The first-order valence-electron chi connectivity index (χ1n) is 5.97. The molecule has 92 valence electrons. The van der Waals surface area contributed by atoms with Gasteiger partial charge in [-0.2, -0.15) is 0 Å². The summed E-state index contributed by atoms with van der Waals surface area (Å²) in [6.45, 7) is 3.20. The number of rotatable bonds is 4. The fourth-order valence-corrected chi connectivity index (χ4v) is 1.95. The third-order valence-electron chi connectivity index (χ3n) is 2.74. The molecule has 1 aliphatic heterocycles. The van der Waals surface area contributed by atoms with Gasteiger partial charge in [-0.05, 0) is 31.0 Å². The molecule has 0 bridgehead atoms. The summed E-state index contributed by atoms with van der Waals surface area (Å²) < 4.78 is 5.54. The number of nitrogens with one attached hydrogen (secondary N) is 2. The van der Waals surface area contributed by atoms with Crippen molar-refractivity contribution in [2.24, 2.45) is 0 Å². The Bertz CT molecular complexity index is 387. The average Bonchev–Trinajstić information content (AvgIpc) is 2.79. The maximum atomic E-state index is 10.9. The fraction of sp³-hybridized carbons (Fsp3) is 0.462. The highest BCUT2D eigenvalue weighted by atomic mass is 16.5. The molecule has 0 radical (unpaired) electrons. The average molecular weight is 234 g/mol. The standard InChI is InChI=1S/C13H18N2O2/c1-10(16)15-12-5-2-4-11(8-12)14-9-13-6-3-7-17-13/h2,4-5,8,13-14H,3,6-7,9H2,1H3,(H,15,16). The first-order valence-corrected chi connectivity index (χ1v) is 5.97. The SMILES string of the molecule is CC(=O)Nc1cccc(NCC2CCCO2)c1. The highest BCUT2D eigenvalue weighted by molar-refractivity contribution is 5.89. The van der Waals surface area contributed by atoms with Gasteiger partial charge in [0.25, 0.3) is 0 Å². The topological polar surface area (TPSA) is 50.4 Å². The molecule has 2 N–H and O–H groups in total. The summed E-state index contributed by atoms with van der Waals surface area (Å²) in [4.78, 5) is 10.9. The van der Waals surface area contributed by atoms with Gasteiger partial charge in [0.1, 0.15) is 0 Å². The van der Waals surface area contributed by atoms with E-state index in [4.69, 9.17) is 4.74 Å². The highest BCUT2D eigenvalue weighted by Crippen LogP contribution is 2.17. The van der Waals surface area contributed by atoms with E-state index in [1.807, 2.05) is 24.3 Å². The van der Waals surface area contributed by atoms with Gasteiger partial charge in [-0.25, -0.2) is 0 Å². The van der Waals surface area contributed by atoms with E-state index in [-0.39, 0.29) is 5.91 Å². The van der Waals surface area contributed by atoms with Crippen molar-refractivity contribution in [3.63, 3.8) is 0 Å².